The average molecular weight is 363 g/mol. The molecule has 8 heteroatoms. The molecule has 8 nitrogen and oxygen atoms in total. The molecule has 0 saturated carbocycles. The van der Waals surface area contributed by atoms with Gasteiger partial charge in [-0.3, -0.25) is 4.90 Å². The fourth-order valence-corrected chi connectivity index (χ4v) is 2.89. The highest BCUT2D eigenvalue weighted by atomic mass is 16.6. The van der Waals surface area contributed by atoms with Crippen LogP contribution in [0.5, 0.6) is 5.75 Å². The largest absolute Gasteiger partial charge is 0.497 e. The molecule has 142 valence electrons. The number of esters is 1. The van der Waals surface area contributed by atoms with Gasteiger partial charge < -0.3 is 24.5 Å². The van der Waals surface area contributed by atoms with Gasteiger partial charge in [0.2, 0.25) is 0 Å². The van der Waals surface area contributed by atoms with Gasteiger partial charge >= 0.3 is 12.1 Å². The maximum absolute atomic E-state index is 12.4. The van der Waals surface area contributed by atoms with Crippen molar-refractivity contribution >= 4 is 17.8 Å². The molecule has 1 aliphatic rings. The fraction of sp³-hybridized carbons (Fsp3) is 0.500. The molecule has 0 spiro atoms. The van der Waals surface area contributed by atoms with Crippen LogP contribution in [0.4, 0.5) is 4.79 Å². The summed E-state index contributed by atoms with van der Waals surface area (Å²) in [5, 5.41) is 8.53. The normalized spacial score (nSPS) is 15.9. The monoisotopic (exact) mass is 363 g/mol. The number of rotatable bonds is 6. The zero-order chi connectivity index (χ0) is 19.1. The zero-order valence-electron chi connectivity index (χ0n) is 15.4. The second-order valence-corrected chi connectivity index (χ2v) is 5.79. The van der Waals surface area contributed by atoms with Gasteiger partial charge in [-0.1, -0.05) is 12.1 Å². The van der Waals surface area contributed by atoms with Crippen LogP contribution < -0.4 is 4.74 Å². The Morgan fingerprint density at radius 2 is 1.88 bits per heavy atom. The third-order valence-electron chi connectivity index (χ3n) is 4.28. The van der Waals surface area contributed by atoms with Crippen molar-refractivity contribution in [1.82, 2.24) is 9.80 Å². The van der Waals surface area contributed by atoms with E-state index >= 15 is 0 Å². The first-order valence-electron chi connectivity index (χ1n) is 8.48. The van der Waals surface area contributed by atoms with Crippen LogP contribution in [-0.4, -0.2) is 80.6 Å². The number of nitrogens with one attached hydrogen (secondary N) is 1. The summed E-state index contributed by atoms with van der Waals surface area (Å²) in [5.41, 5.74) is 0.730. The van der Waals surface area contributed by atoms with Crippen molar-refractivity contribution in [1.29, 1.82) is 5.41 Å². The number of hydrogen-bond donors (Lipinski definition) is 1. The van der Waals surface area contributed by atoms with Gasteiger partial charge in [0.25, 0.3) is 0 Å². The van der Waals surface area contributed by atoms with Gasteiger partial charge in [0.1, 0.15) is 5.75 Å². The van der Waals surface area contributed by atoms with Gasteiger partial charge in [-0.2, -0.15) is 0 Å². The number of carbonyl (C=O) groups is 2. The summed E-state index contributed by atoms with van der Waals surface area (Å²) >= 11 is 0. The van der Waals surface area contributed by atoms with Crippen molar-refractivity contribution in [3.8, 4) is 5.75 Å². The highest BCUT2D eigenvalue weighted by Crippen LogP contribution is 2.18. The van der Waals surface area contributed by atoms with Crippen LogP contribution in [0.3, 0.4) is 0 Å². The molecule has 0 aromatic heterocycles. The average Bonchev–Trinajstić information content (AvgIpc) is 2.68. The molecular formula is C18H25N3O5. The molecule has 1 atom stereocenters. The predicted octanol–water partition coefficient (Wildman–Crippen LogP) is 1.38. The van der Waals surface area contributed by atoms with E-state index in [1.54, 1.807) is 43.2 Å². The van der Waals surface area contributed by atoms with E-state index in [-0.39, 0.29) is 11.8 Å². The second kappa shape index (κ2) is 9.19. The Balaban J connectivity index is 2.14. The molecule has 0 aliphatic carbocycles. The Bertz CT molecular complexity index is 656. The first-order valence-corrected chi connectivity index (χ1v) is 8.48. The molecular weight excluding hydrogens is 338 g/mol. The van der Waals surface area contributed by atoms with E-state index in [9.17, 15) is 9.59 Å². The first kappa shape index (κ1) is 19.7. The number of benzene rings is 1. The van der Waals surface area contributed by atoms with E-state index in [0.717, 1.165) is 0 Å². The molecule has 1 heterocycles. The van der Waals surface area contributed by atoms with Crippen molar-refractivity contribution in [2.75, 3.05) is 47.0 Å². The Kier molecular flexibility index (Phi) is 6.97. The van der Waals surface area contributed by atoms with Crippen LogP contribution in [0.25, 0.3) is 0 Å². The van der Waals surface area contributed by atoms with Crippen LogP contribution in [0.2, 0.25) is 0 Å². The molecule has 1 fully saturated rings. The summed E-state index contributed by atoms with van der Waals surface area (Å²) in [5.74, 6) is 0.116. The Hall–Kier alpha value is -2.61. The van der Waals surface area contributed by atoms with Crippen molar-refractivity contribution in [2.24, 2.45) is 0 Å². The number of methoxy groups -OCH3 is 2. The summed E-state index contributed by atoms with van der Waals surface area (Å²) in [7, 11) is 2.86. The van der Waals surface area contributed by atoms with Crippen LogP contribution in [0, 0.1) is 5.41 Å². The molecule has 1 aliphatic heterocycles. The summed E-state index contributed by atoms with van der Waals surface area (Å²) in [4.78, 5) is 27.6. The molecule has 1 saturated heterocycles. The molecule has 1 aromatic carbocycles. The van der Waals surface area contributed by atoms with Crippen LogP contribution in [-0.2, 0) is 14.3 Å². The van der Waals surface area contributed by atoms with Crippen molar-refractivity contribution in [3.05, 3.63) is 29.8 Å². The second-order valence-electron chi connectivity index (χ2n) is 5.79. The molecule has 0 radical (unpaired) electrons. The number of hydrogen-bond acceptors (Lipinski definition) is 7. The van der Waals surface area contributed by atoms with Crippen molar-refractivity contribution < 1.29 is 23.8 Å². The summed E-state index contributed by atoms with van der Waals surface area (Å²) in [6.45, 7) is 3.84. The molecule has 1 unspecified atom stereocenters. The lowest BCUT2D eigenvalue weighted by Gasteiger charge is -2.37. The standard InChI is InChI=1S/C18H25N3O5/c1-4-26-18(23)21-10-8-20(9-11-21)16(17(22)25-3)15(19)13-6-5-7-14(12-13)24-2/h5-7,12,16,19H,4,8-11H2,1-3H3. The van der Waals surface area contributed by atoms with Crippen molar-refractivity contribution in [3.63, 3.8) is 0 Å². The van der Waals surface area contributed by atoms with Gasteiger partial charge in [-0.15, -0.1) is 0 Å². The maximum Gasteiger partial charge on any atom is 0.409 e. The Labute approximate surface area is 153 Å². The molecule has 0 bridgehead atoms. The van der Waals surface area contributed by atoms with Crippen molar-refractivity contribution in [2.45, 2.75) is 13.0 Å². The number of ether oxygens (including phenoxy) is 3. The lowest BCUT2D eigenvalue weighted by Crippen LogP contribution is -2.56. The van der Waals surface area contributed by atoms with E-state index in [4.69, 9.17) is 19.6 Å². The minimum atomic E-state index is -0.837. The van der Waals surface area contributed by atoms with E-state index < -0.39 is 12.0 Å². The number of carbonyl (C=O) groups excluding carboxylic acids is 2. The van der Waals surface area contributed by atoms with E-state index in [1.165, 1.54) is 7.11 Å². The topological polar surface area (TPSA) is 92.2 Å². The first-order chi connectivity index (χ1) is 12.5. The molecule has 2 rings (SSSR count). The molecule has 1 amide bonds. The summed E-state index contributed by atoms with van der Waals surface area (Å²) in [6, 6.07) is 6.19. The van der Waals surface area contributed by atoms with Gasteiger partial charge in [0, 0.05) is 31.7 Å². The lowest BCUT2D eigenvalue weighted by molar-refractivity contribution is -0.144. The predicted molar refractivity (Wildman–Crippen MR) is 95.8 cm³/mol. The van der Waals surface area contributed by atoms with Crippen LogP contribution in [0.15, 0.2) is 24.3 Å². The Morgan fingerprint density at radius 1 is 1.19 bits per heavy atom. The molecule has 1 N–H and O–H groups in total. The maximum atomic E-state index is 12.4. The lowest BCUT2D eigenvalue weighted by atomic mass is 10.0. The van der Waals surface area contributed by atoms with E-state index in [2.05, 4.69) is 0 Å². The zero-order valence-corrected chi connectivity index (χ0v) is 15.4. The number of amides is 1. The van der Waals surface area contributed by atoms with Crippen LogP contribution >= 0.6 is 0 Å². The SMILES string of the molecule is CCOC(=O)N1CCN(C(C(=N)c2cccc(OC)c2)C(=O)OC)CC1. The van der Waals surface area contributed by atoms with Gasteiger partial charge in [0.05, 0.1) is 26.5 Å². The minimum Gasteiger partial charge on any atom is -0.497 e. The van der Waals surface area contributed by atoms with Gasteiger partial charge in [-0.25, -0.2) is 9.59 Å². The van der Waals surface area contributed by atoms with Gasteiger partial charge in [0.15, 0.2) is 6.04 Å². The smallest absolute Gasteiger partial charge is 0.409 e. The molecule has 1 aromatic rings. The highest BCUT2D eigenvalue weighted by Gasteiger charge is 2.35. The third kappa shape index (κ3) is 4.51. The van der Waals surface area contributed by atoms with Crippen LogP contribution in [0.1, 0.15) is 12.5 Å². The Morgan fingerprint density at radius 3 is 2.46 bits per heavy atom. The number of piperazine rings is 1. The quantitative estimate of drug-likeness (QED) is 0.606. The molecule has 26 heavy (non-hydrogen) atoms. The number of nitrogens with zero attached hydrogens (tertiary/aromatic N) is 2. The highest BCUT2D eigenvalue weighted by molar-refractivity contribution is 6.13. The fourth-order valence-electron chi connectivity index (χ4n) is 2.89. The summed E-state index contributed by atoms with van der Waals surface area (Å²) < 4.78 is 15.1. The van der Waals surface area contributed by atoms with E-state index in [1.807, 2.05) is 4.90 Å². The third-order valence-corrected chi connectivity index (χ3v) is 4.28. The summed E-state index contributed by atoms with van der Waals surface area (Å²) in [6.07, 6.45) is -0.357. The van der Waals surface area contributed by atoms with E-state index in [0.29, 0.717) is 44.1 Å². The van der Waals surface area contributed by atoms with Gasteiger partial charge in [-0.05, 0) is 19.1 Å². The minimum absolute atomic E-state index is 0.139.